The van der Waals surface area contributed by atoms with Crippen molar-refractivity contribution in [2.75, 3.05) is 0 Å². The van der Waals surface area contributed by atoms with Gasteiger partial charge < -0.3 is 15.3 Å². The lowest BCUT2D eigenvalue weighted by Gasteiger charge is -2.04. The van der Waals surface area contributed by atoms with E-state index >= 15 is 0 Å². The van der Waals surface area contributed by atoms with Gasteiger partial charge in [-0.3, -0.25) is 4.79 Å². The molecule has 0 aliphatic heterocycles. The van der Waals surface area contributed by atoms with Crippen LogP contribution in [0.5, 0.6) is 11.5 Å². The third-order valence-electron chi connectivity index (χ3n) is 1.72. The molecule has 0 spiro atoms. The molecule has 0 bridgehead atoms. The minimum absolute atomic E-state index is 0.104. The van der Waals surface area contributed by atoms with Crippen LogP contribution in [0.2, 0.25) is 0 Å². The fraction of sp³-hybridized carbons (Fsp3) is 0.111. The van der Waals surface area contributed by atoms with Crippen molar-refractivity contribution in [1.82, 2.24) is 0 Å². The number of ketones is 1. The first-order chi connectivity index (χ1) is 6.43. The summed E-state index contributed by atoms with van der Waals surface area (Å²) in [6.45, 7) is 1.20. The number of Topliss-reactive ketones (excluding diaryl/α,β-unsaturated/α-hetero) is 1. The second-order valence-corrected chi connectivity index (χ2v) is 2.75. The maximum atomic E-state index is 10.9. The molecule has 5 nitrogen and oxygen atoms in total. The van der Waals surface area contributed by atoms with Gasteiger partial charge in [0.25, 0.3) is 0 Å². The number of carboxylic acid groups (broad SMARTS) is 1. The van der Waals surface area contributed by atoms with Gasteiger partial charge in [-0.25, -0.2) is 4.79 Å². The SMILES string of the molecule is CC(=O)c1cc(O)c(C(=O)O)cc1O. The van der Waals surface area contributed by atoms with Crippen LogP contribution in [-0.4, -0.2) is 27.1 Å². The van der Waals surface area contributed by atoms with Gasteiger partial charge in [-0.1, -0.05) is 0 Å². The van der Waals surface area contributed by atoms with E-state index in [2.05, 4.69) is 0 Å². The number of benzene rings is 1. The second-order valence-electron chi connectivity index (χ2n) is 2.75. The van der Waals surface area contributed by atoms with Gasteiger partial charge in [-0.15, -0.1) is 0 Å². The summed E-state index contributed by atoms with van der Waals surface area (Å²) in [5, 5.41) is 27.0. The van der Waals surface area contributed by atoms with Gasteiger partial charge in [0, 0.05) is 0 Å². The summed E-state index contributed by atoms with van der Waals surface area (Å²) in [4.78, 5) is 21.4. The smallest absolute Gasteiger partial charge is 0.339 e. The molecule has 0 heterocycles. The molecule has 1 aromatic rings. The Morgan fingerprint density at radius 2 is 1.50 bits per heavy atom. The molecule has 0 unspecified atom stereocenters. The lowest BCUT2D eigenvalue weighted by Crippen LogP contribution is -2.00. The van der Waals surface area contributed by atoms with Gasteiger partial charge in [-0.2, -0.15) is 0 Å². The van der Waals surface area contributed by atoms with Crippen LogP contribution in [0.1, 0.15) is 27.6 Å². The summed E-state index contributed by atoms with van der Waals surface area (Å²) in [6, 6.07) is 1.77. The summed E-state index contributed by atoms with van der Waals surface area (Å²) >= 11 is 0. The van der Waals surface area contributed by atoms with Gasteiger partial charge in [0.2, 0.25) is 0 Å². The molecule has 1 rings (SSSR count). The molecular formula is C9H8O5. The average Bonchev–Trinajstić information content (AvgIpc) is 2.07. The van der Waals surface area contributed by atoms with Crippen LogP contribution in [0.25, 0.3) is 0 Å². The third kappa shape index (κ3) is 1.66. The van der Waals surface area contributed by atoms with E-state index in [1.165, 1.54) is 6.92 Å². The summed E-state index contributed by atoms with van der Waals surface area (Å²) in [6.07, 6.45) is 0. The molecule has 0 amide bonds. The maximum absolute atomic E-state index is 10.9. The molecule has 14 heavy (non-hydrogen) atoms. The van der Waals surface area contributed by atoms with E-state index in [4.69, 9.17) is 5.11 Å². The quantitative estimate of drug-likeness (QED) is 0.484. The topological polar surface area (TPSA) is 94.8 Å². The van der Waals surface area contributed by atoms with E-state index in [1.807, 2.05) is 0 Å². The van der Waals surface area contributed by atoms with Crippen LogP contribution in [-0.2, 0) is 0 Å². The number of hydrogen-bond acceptors (Lipinski definition) is 4. The summed E-state index contributed by atoms with van der Waals surface area (Å²) in [7, 11) is 0. The standard InChI is InChI=1S/C9H8O5/c1-4(10)5-2-8(12)6(9(13)14)3-7(5)11/h2-3,11-12H,1H3,(H,13,14). The lowest BCUT2D eigenvalue weighted by atomic mass is 10.1. The number of hydrogen-bond donors (Lipinski definition) is 3. The molecule has 0 atom stereocenters. The Labute approximate surface area is 79.2 Å². The molecule has 1 aromatic carbocycles. The van der Waals surface area contributed by atoms with Crippen LogP contribution in [0.15, 0.2) is 12.1 Å². The third-order valence-corrected chi connectivity index (χ3v) is 1.72. The predicted molar refractivity (Wildman–Crippen MR) is 46.7 cm³/mol. The van der Waals surface area contributed by atoms with Gasteiger partial charge in [0.05, 0.1) is 5.56 Å². The number of aromatic hydroxyl groups is 2. The van der Waals surface area contributed by atoms with Crippen LogP contribution < -0.4 is 0 Å². The molecule has 0 aliphatic carbocycles. The van der Waals surface area contributed by atoms with Crippen LogP contribution >= 0.6 is 0 Å². The fourth-order valence-electron chi connectivity index (χ4n) is 1.03. The Bertz CT molecular complexity index is 368. The number of carboxylic acids is 1. The zero-order valence-electron chi connectivity index (χ0n) is 7.31. The molecular weight excluding hydrogens is 188 g/mol. The Balaban J connectivity index is 3.38. The minimum Gasteiger partial charge on any atom is -0.507 e. The van der Waals surface area contributed by atoms with E-state index in [0.29, 0.717) is 0 Å². The Hall–Kier alpha value is -2.04. The Kier molecular flexibility index (Phi) is 2.42. The Morgan fingerprint density at radius 3 is 1.93 bits per heavy atom. The molecule has 0 radical (unpaired) electrons. The first kappa shape index (κ1) is 10.0. The fourth-order valence-corrected chi connectivity index (χ4v) is 1.03. The summed E-state index contributed by atoms with van der Waals surface area (Å²) in [5.41, 5.74) is -0.542. The molecule has 0 aromatic heterocycles. The number of phenols is 2. The van der Waals surface area contributed by atoms with Crippen molar-refractivity contribution in [1.29, 1.82) is 0 Å². The number of carbonyl (C=O) groups is 2. The van der Waals surface area contributed by atoms with Crippen molar-refractivity contribution >= 4 is 11.8 Å². The van der Waals surface area contributed by atoms with Crippen LogP contribution in [0, 0.1) is 0 Å². The van der Waals surface area contributed by atoms with Crippen molar-refractivity contribution < 1.29 is 24.9 Å². The highest BCUT2D eigenvalue weighted by molar-refractivity contribution is 6.00. The summed E-state index contributed by atoms with van der Waals surface area (Å²) < 4.78 is 0. The highest BCUT2D eigenvalue weighted by atomic mass is 16.4. The monoisotopic (exact) mass is 196 g/mol. The van der Waals surface area contributed by atoms with Gasteiger partial charge >= 0.3 is 5.97 Å². The average molecular weight is 196 g/mol. The lowest BCUT2D eigenvalue weighted by molar-refractivity contribution is 0.0692. The second kappa shape index (κ2) is 3.37. The molecule has 0 saturated carbocycles. The first-order valence-corrected chi connectivity index (χ1v) is 3.73. The molecule has 74 valence electrons. The minimum atomic E-state index is -1.37. The van der Waals surface area contributed by atoms with Crippen LogP contribution in [0.3, 0.4) is 0 Å². The maximum Gasteiger partial charge on any atom is 0.339 e. The molecule has 3 N–H and O–H groups in total. The van der Waals surface area contributed by atoms with Crippen molar-refractivity contribution in [3.8, 4) is 11.5 Å². The van der Waals surface area contributed by atoms with E-state index in [-0.39, 0.29) is 5.56 Å². The number of carbonyl (C=O) groups excluding carboxylic acids is 1. The first-order valence-electron chi connectivity index (χ1n) is 3.73. The van der Waals surface area contributed by atoms with E-state index in [0.717, 1.165) is 12.1 Å². The van der Waals surface area contributed by atoms with Crippen molar-refractivity contribution in [3.05, 3.63) is 23.3 Å². The van der Waals surface area contributed by atoms with E-state index in [1.54, 1.807) is 0 Å². The van der Waals surface area contributed by atoms with Crippen molar-refractivity contribution in [3.63, 3.8) is 0 Å². The summed E-state index contributed by atoms with van der Waals surface area (Å²) in [5.74, 6) is -2.81. The van der Waals surface area contributed by atoms with Crippen molar-refractivity contribution in [2.45, 2.75) is 6.92 Å². The van der Waals surface area contributed by atoms with Gasteiger partial charge in [-0.05, 0) is 19.1 Å². The van der Waals surface area contributed by atoms with Gasteiger partial charge in [0.1, 0.15) is 17.1 Å². The number of phenolic OH excluding ortho intramolecular Hbond substituents is 1. The Morgan fingerprint density at radius 1 is 1.07 bits per heavy atom. The predicted octanol–water partition coefficient (Wildman–Crippen LogP) is 0.999. The van der Waals surface area contributed by atoms with E-state index in [9.17, 15) is 19.8 Å². The molecule has 0 aliphatic rings. The zero-order chi connectivity index (χ0) is 10.9. The largest absolute Gasteiger partial charge is 0.507 e. The molecule has 5 heteroatoms. The highest BCUT2D eigenvalue weighted by Gasteiger charge is 2.15. The van der Waals surface area contributed by atoms with E-state index < -0.39 is 28.8 Å². The normalized spacial score (nSPS) is 9.79. The van der Waals surface area contributed by atoms with Gasteiger partial charge in [0.15, 0.2) is 5.78 Å². The van der Waals surface area contributed by atoms with Crippen molar-refractivity contribution in [2.24, 2.45) is 0 Å². The number of rotatable bonds is 2. The zero-order valence-corrected chi connectivity index (χ0v) is 7.31. The molecule has 0 fully saturated rings. The highest BCUT2D eigenvalue weighted by Crippen LogP contribution is 2.27. The molecule has 0 saturated heterocycles. The number of aromatic carboxylic acids is 1. The van der Waals surface area contributed by atoms with Crippen LogP contribution in [0.4, 0.5) is 0 Å².